The first kappa shape index (κ1) is 5.86. The third kappa shape index (κ3) is 0.809. The molecule has 0 N–H and O–H groups in total. The predicted molar refractivity (Wildman–Crippen MR) is 36.4 cm³/mol. The summed E-state index contributed by atoms with van der Waals surface area (Å²) in [5.74, 6) is 1.41. The van der Waals surface area contributed by atoms with Gasteiger partial charge in [0.25, 0.3) is 0 Å². The average molecular weight is 156 g/mol. The lowest BCUT2D eigenvalue weighted by Crippen LogP contribution is -1.92. The highest BCUT2D eigenvalue weighted by molar-refractivity contribution is 6.30. The van der Waals surface area contributed by atoms with Crippen LogP contribution >= 0.6 is 11.6 Å². The first-order valence-corrected chi connectivity index (χ1v) is 3.21. The fourth-order valence-corrected chi connectivity index (χ4v) is 0.969. The number of ether oxygens (including phenoxy) is 2. The van der Waals surface area contributed by atoms with E-state index in [-0.39, 0.29) is 6.79 Å². The van der Waals surface area contributed by atoms with E-state index in [2.05, 4.69) is 6.07 Å². The van der Waals surface area contributed by atoms with Crippen molar-refractivity contribution in [3.8, 4) is 11.5 Å². The molecule has 2 nitrogen and oxygen atoms in total. The van der Waals surface area contributed by atoms with E-state index in [1.54, 1.807) is 12.1 Å². The van der Waals surface area contributed by atoms with Crippen LogP contribution in [0.2, 0.25) is 5.02 Å². The quantitative estimate of drug-likeness (QED) is 0.570. The highest BCUT2D eigenvalue weighted by Crippen LogP contribution is 2.33. The fraction of sp³-hybridized carbons (Fsp3) is 0.143. The van der Waals surface area contributed by atoms with Gasteiger partial charge in [-0.1, -0.05) is 11.6 Å². The van der Waals surface area contributed by atoms with Crippen molar-refractivity contribution in [2.24, 2.45) is 0 Å². The van der Waals surface area contributed by atoms with Gasteiger partial charge in [-0.05, 0) is 6.07 Å². The molecular formula is C7H4ClO2. The molecule has 1 aromatic carbocycles. The lowest BCUT2D eigenvalue weighted by molar-refractivity contribution is 0.174. The average Bonchev–Trinajstić information content (AvgIpc) is 2.33. The maximum absolute atomic E-state index is 5.63. The Bertz CT molecular complexity index is 260. The minimum atomic E-state index is 0.281. The number of hydrogen-bond donors (Lipinski definition) is 0. The second-order valence-corrected chi connectivity index (χ2v) is 2.32. The van der Waals surface area contributed by atoms with Gasteiger partial charge >= 0.3 is 0 Å². The molecule has 1 aromatic rings. The topological polar surface area (TPSA) is 18.5 Å². The molecule has 51 valence electrons. The van der Waals surface area contributed by atoms with Crippen molar-refractivity contribution in [1.29, 1.82) is 0 Å². The van der Waals surface area contributed by atoms with Gasteiger partial charge in [-0.3, -0.25) is 0 Å². The number of halogens is 1. The number of rotatable bonds is 0. The first-order chi connectivity index (χ1) is 4.86. The summed E-state index contributed by atoms with van der Waals surface area (Å²) in [5, 5.41) is 0.546. The Hall–Kier alpha value is -0.890. The molecule has 2 rings (SSSR count). The van der Waals surface area contributed by atoms with E-state index < -0.39 is 0 Å². The van der Waals surface area contributed by atoms with Crippen LogP contribution in [0.4, 0.5) is 0 Å². The van der Waals surface area contributed by atoms with Crippen molar-refractivity contribution >= 4 is 11.6 Å². The van der Waals surface area contributed by atoms with Crippen LogP contribution in [-0.2, 0) is 0 Å². The molecule has 0 amide bonds. The molecule has 0 bridgehead atoms. The minimum absolute atomic E-state index is 0.281. The van der Waals surface area contributed by atoms with Gasteiger partial charge in [-0.2, -0.15) is 0 Å². The fourth-order valence-electron chi connectivity index (χ4n) is 0.816. The monoisotopic (exact) mass is 155 g/mol. The first-order valence-electron chi connectivity index (χ1n) is 2.83. The summed E-state index contributed by atoms with van der Waals surface area (Å²) in [6.45, 7) is 0.281. The number of fused-ring (bicyclic) bond motifs is 1. The maximum atomic E-state index is 5.63. The van der Waals surface area contributed by atoms with Gasteiger partial charge < -0.3 is 9.47 Å². The molecule has 0 saturated carbocycles. The molecule has 0 aliphatic carbocycles. The van der Waals surface area contributed by atoms with Crippen molar-refractivity contribution in [3.05, 3.63) is 23.2 Å². The summed E-state index contributed by atoms with van der Waals surface area (Å²) < 4.78 is 10.1. The summed E-state index contributed by atoms with van der Waals surface area (Å²) in [5.41, 5.74) is 0. The zero-order valence-electron chi connectivity index (χ0n) is 5.06. The van der Waals surface area contributed by atoms with Crippen molar-refractivity contribution < 1.29 is 9.47 Å². The smallest absolute Gasteiger partial charge is 0.231 e. The van der Waals surface area contributed by atoms with Crippen LogP contribution in [0.3, 0.4) is 0 Å². The van der Waals surface area contributed by atoms with E-state index >= 15 is 0 Å². The summed E-state index contributed by atoms with van der Waals surface area (Å²) in [6, 6.07) is 6.15. The maximum Gasteiger partial charge on any atom is 0.231 e. The molecule has 0 unspecified atom stereocenters. The van der Waals surface area contributed by atoms with Gasteiger partial charge in [-0.25, -0.2) is 0 Å². The third-order valence-corrected chi connectivity index (χ3v) is 1.49. The van der Waals surface area contributed by atoms with Gasteiger partial charge in [0.2, 0.25) is 6.79 Å². The molecule has 0 spiro atoms. The van der Waals surface area contributed by atoms with Crippen LogP contribution in [0.15, 0.2) is 12.1 Å². The number of hydrogen-bond acceptors (Lipinski definition) is 2. The van der Waals surface area contributed by atoms with Gasteiger partial charge in [0, 0.05) is 12.1 Å². The highest BCUT2D eigenvalue weighted by Gasteiger charge is 2.12. The van der Waals surface area contributed by atoms with E-state index in [1.807, 2.05) is 0 Å². The molecule has 1 heterocycles. The highest BCUT2D eigenvalue weighted by atomic mass is 35.5. The van der Waals surface area contributed by atoms with Crippen LogP contribution in [-0.4, -0.2) is 6.79 Å². The normalized spacial score (nSPS) is 13.7. The van der Waals surface area contributed by atoms with E-state index in [9.17, 15) is 0 Å². The van der Waals surface area contributed by atoms with Crippen LogP contribution in [0.1, 0.15) is 0 Å². The Balaban J connectivity index is 2.52. The SMILES string of the molecule is Clc1[c]cc2c(c1)OCO2. The Morgan fingerprint density at radius 3 is 3.10 bits per heavy atom. The van der Waals surface area contributed by atoms with Crippen LogP contribution in [0.5, 0.6) is 11.5 Å². The number of benzene rings is 1. The van der Waals surface area contributed by atoms with Crippen molar-refractivity contribution in [1.82, 2.24) is 0 Å². The van der Waals surface area contributed by atoms with Gasteiger partial charge in [0.1, 0.15) is 0 Å². The van der Waals surface area contributed by atoms with Crippen LogP contribution in [0.25, 0.3) is 0 Å². The predicted octanol–water partition coefficient (Wildman–Crippen LogP) is 1.87. The standard InChI is InChI=1S/C7H4ClO2/c8-5-1-2-6-7(3-5)10-4-9-6/h2-3H,4H2. The summed E-state index contributed by atoms with van der Waals surface area (Å²) in [4.78, 5) is 0. The van der Waals surface area contributed by atoms with Crippen molar-refractivity contribution in [2.45, 2.75) is 0 Å². The van der Waals surface area contributed by atoms with E-state index in [0.717, 1.165) is 0 Å². The Labute approximate surface area is 63.3 Å². The Morgan fingerprint density at radius 1 is 1.40 bits per heavy atom. The molecule has 1 aliphatic heterocycles. The van der Waals surface area contributed by atoms with Crippen molar-refractivity contribution in [3.63, 3.8) is 0 Å². The minimum Gasteiger partial charge on any atom is -0.454 e. The van der Waals surface area contributed by atoms with Gasteiger partial charge in [0.15, 0.2) is 11.5 Å². The summed E-state index contributed by atoms with van der Waals surface area (Å²) in [7, 11) is 0. The van der Waals surface area contributed by atoms with Crippen LogP contribution in [0, 0.1) is 6.07 Å². The molecule has 10 heavy (non-hydrogen) atoms. The van der Waals surface area contributed by atoms with E-state index in [1.165, 1.54) is 0 Å². The van der Waals surface area contributed by atoms with Gasteiger partial charge in [0.05, 0.1) is 5.02 Å². The summed E-state index contributed by atoms with van der Waals surface area (Å²) >= 11 is 5.63. The second-order valence-electron chi connectivity index (χ2n) is 1.92. The zero-order chi connectivity index (χ0) is 6.97. The van der Waals surface area contributed by atoms with E-state index in [4.69, 9.17) is 21.1 Å². The Morgan fingerprint density at radius 2 is 2.20 bits per heavy atom. The Kier molecular flexibility index (Phi) is 1.21. The lowest BCUT2D eigenvalue weighted by atomic mass is 10.3. The molecule has 1 aliphatic rings. The molecule has 0 atom stereocenters. The molecule has 0 saturated heterocycles. The molecule has 0 aromatic heterocycles. The lowest BCUT2D eigenvalue weighted by Gasteiger charge is -1.92. The second kappa shape index (κ2) is 2.06. The molecule has 1 radical (unpaired) electrons. The van der Waals surface area contributed by atoms with Crippen molar-refractivity contribution in [2.75, 3.05) is 6.79 Å². The third-order valence-electron chi connectivity index (χ3n) is 1.27. The largest absolute Gasteiger partial charge is 0.454 e. The molecular weight excluding hydrogens is 152 g/mol. The van der Waals surface area contributed by atoms with E-state index in [0.29, 0.717) is 16.5 Å². The zero-order valence-corrected chi connectivity index (χ0v) is 5.81. The summed E-state index contributed by atoms with van der Waals surface area (Å²) in [6.07, 6.45) is 0. The molecule has 0 fully saturated rings. The van der Waals surface area contributed by atoms with Crippen LogP contribution < -0.4 is 9.47 Å². The molecule has 3 heteroatoms. The van der Waals surface area contributed by atoms with Gasteiger partial charge in [-0.15, -0.1) is 0 Å².